The van der Waals surface area contributed by atoms with Gasteiger partial charge >= 0.3 is 0 Å². The van der Waals surface area contributed by atoms with Gasteiger partial charge in [0.25, 0.3) is 0 Å². The fraction of sp³-hybridized carbons (Fsp3) is 0.619. The van der Waals surface area contributed by atoms with Crippen molar-refractivity contribution in [1.82, 2.24) is 10.1 Å². The zero-order valence-electron chi connectivity index (χ0n) is 16.1. The van der Waals surface area contributed by atoms with Crippen LogP contribution in [-0.2, 0) is 25.7 Å². The molecule has 0 radical (unpaired) electrons. The fourth-order valence-corrected chi connectivity index (χ4v) is 2.98. The normalized spacial score (nSPS) is 10.7. The topological polar surface area (TPSA) is 64.9 Å². The first-order chi connectivity index (χ1) is 12.3. The third kappa shape index (κ3) is 8.81. The van der Waals surface area contributed by atoms with Gasteiger partial charge in [-0.2, -0.15) is 4.98 Å². The SMILES string of the molecule is CCCCCCCCc1ccc(CCc2noc(CCCN)n2)cc1.Cl. The van der Waals surface area contributed by atoms with E-state index < -0.39 is 0 Å². The summed E-state index contributed by atoms with van der Waals surface area (Å²) in [5, 5.41) is 4.05. The van der Waals surface area contributed by atoms with Gasteiger partial charge in [0.1, 0.15) is 0 Å². The molecular formula is C21H34ClN3O. The second-order valence-corrected chi connectivity index (χ2v) is 6.83. The number of hydrogen-bond donors (Lipinski definition) is 1. The molecule has 146 valence electrons. The van der Waals surface area contributed by atoms with Crippen LogP contribution in [0.2, 0.25) is 0 Å². The van der Waals surface area contributed by atoms with Gasteiger partial charge in [-0.25, -0.2) is 0 Å². The zero-order valence-corrected chi connectivity index (χ0v) is 16.9. The average Bonchev–Trinajstić information content (AvgIpc) is 3.10. The molecule has 0 aliphatic rings. The summed E-state index contributed by atoms with van der Waals surface area (Å²) < 4.78 is 5.24. The van der Waals surface area contributed by atoms with Crippen molar-refractivity contribution in [3.05, 3.63) is 47.1 Å². The Kier molecular flexibility index (Phi) is 12.0. The maximum absolute atomic E-state index is 5.50. The predicted molar refractivity (Wildman–Crippen MR) is 110 cm³/mol. The lowest BCUT2D eigenvalue weighted by Crippen LogP contribution is -2.00. The van der Waals surface area contributed by atoms with E-state index in [9.17, 15) is 0 Å². The van der Waals surface area contributed by atoms with Crippen LogP contribution in [0.25, 0.3) is 0 Å². The van der Waals surface area contributed by atoms with Crippen molar-refractivity contribution in [2.24, 2.45) is 5.73 Å². The van der Waals surface area contributed by atoms with Crippen LogP contribution < -0.4 is 5.73 Å². The molecule has 1 aromatic heterocycles. The molecule has 0 unspecified atom stereocenters. The highest BCUT2D eigenvalue weighted by Crippen LogP contribution is 2.12. The lowest BCUT2D eigenvalue weighted by Gasteiger charge is -2.04. The summed E-state index contributed by atoms with van der Waals surface area (Å²) in [6.45, 7) is 2.92. The first-order valence-corrected chi connectivity index (χ1v) is 9.91. The minimum absolute atomic E-state index is 0. The number of benzene rings is 1. The molecule has 5 heteroatoms. The Morgan fingerprint density at radius 2 is 1.46 bits per heavy atom. The number of nitrogens with zero attached hydrogens (tertiary/aromatic N) is 2. The number of rotatable bonds is 13. The predicted octanol–water partition coefficient (Wildman–Crippen LogP) is 5.07. The van der Waals surface area contributed by atoms with Crippen LogP contribution in [0.5, 0.6) is 0 Å². The first-order valence-electron chi connectivity index (χ1n) is 9.91. The highest BCUT2D eigenvalue weighted by Gasteiger charge is 2.06. The third-order valence-corrected chi connectivity index (χ3v) is 4.58. The van der Waals surface area contributed by atoms with Crippen molar-refractivity contribution in [3.8, 4) is 0 Å². The number of hydrogen-bond acceptors (Lipinski definition) is 4. The maximum Gasteiger partial charge on any atom is 0.226 e. The molecule has 0 atom stereocenters. The van der Waals surface area contributed by atoms with E-state index >= 15 is 0 Å². The van der Waals surface area contributed by atoms with Crippen molar-refractivity contribution in [1.29, 1.82) is 0 Å². The highest BCUT2D eigenvalue weighted by molar-refractivity contribution is 5.85. The highest BCUT2D eigenvalue weighted by atomic mass is 35.5. The van der Waals surface area contributed by atoms with Gasteiger partial charge in [0, 0.05) is 12.8 Å². The van der Waals surface area contributed by atoms with E-state index in [4.69, 9.17) is 10.3 Å². The lowest BCUT2D eigenvalue weighted by atomic mass is 10.0. The third-order valence-electron chi connectivity index (χ3n) is 4.58. The standard InChI is InChI=1S/C21H33N3O.ClH/c1-2-3-4-5-6-7-9-18-11-13-19(14-12-18)15-16-20-23-21(25-24-20)10-8-17-22;/h11-14H,2-10,15-17,22H2,1H3;1H. The number of aryl methyl sites for hydroxylation is 4. The Labute approximate surface area is 164 Å². The Bertz CT molecular complexity index is 583. The quantitative estimate of drug-likeness (QED) is 0.493. The summed E-state index contributed by atoms with van der Waals surface area (Å²) in [6, 6.07) is 9.01. The molecule has 1 aromatic carbocycles. The first kappa shape index (κ1) is 22.7. The van der Waals surface area contributed by atoms with Gasteiger partial charge in [-0.3, -0.25) is 0 Å². The number of halogens is 1. The summed E-state index contributed by atoms with van der Waals surface area (Å²) in [5.41, 5.74) is 8.28. The van der Waals surface area contributed by atoms with Crippen LogP contribution in [0.15, 0.2) is 28.8 Å². The smallest absolute Gasteiger partial charge is 0.226 e. The molecule has 0 saturated heterocycles. The van der Waals surface area contributed by atoms with E-state index in [1.54, 1.807) is 0 Å². The molecule has 2 N–H and O–H groups in total. The Morgan fingerprint density at radius 1 is 0.808 bits per heavy atom. The molecule has 0 fully saturated rings. The Hall–Kier alpha value is -1.39. The number of nitrogens with two attached hydrogens (primary N) is 1. The molecule has 26 heavy (non-hydrogen) atoms. The minimum Gasteiger partial charge on any atom is -0.339 e. The van der Waals surface area contributed by atoms with Crippen LogP contribution in [-0.4, -0.2) is 16.7 Å². The summed E-state index contributed by atoms with van der Waals surface area (Å²) in [6.07, 6.45) is 12.8. The van der Waals surface area contributed by atoms with Crippen molar-refractivity contribution in [3.63, 3.8) is 0 Å². The van der Waals surface area contributed by atoms with Crippen molar-refractivity contribution in [2.45, 2.75) is 77.6 Å². The molecule has 0 amide bonds. The van der Waals surface area contributed by atoms with Gasteiger partial charge in [0.05, 0.1) is 0 Å². The zero-order chi connectivity index (χ0) is 17.7. The summed E-state index contributed by atoms with van der Waals surface area (Å²) in [7, 11) is 0. The van der Waals surface area contributed by atoms with Crippen LogP contribution in [0.1, 0.15) is 74.7 Å². The summed E-state index contributed by atoms with van der Waals surface area (Å²) in [5.74, 6) is 1.50. The maximum atomic E-state index is 5.50. The fourth-order valence-electron chi connectivity index (χ4n) is 2.98. The average molecular weight is 380 g/mol. The molecule has 0 aliphatic carbocycles. The van der Waals surface area contributed by atoms with E-state index in [-0.39, 0.29) is 12.4 Å². The van der Waals surface area contributed by atoms with E-state index in [2.05, 4.69) is 41.3 Å². The Morgan fingerprint density at radius 3 is 2.15 bits per heavy atom. The van der Waals surface area contributed by atoms with E-state index in [0.717, 1.165) is 31.5 Å². The molecule has 2 rings (SSSR count). The van der Waals surface area contributed by atoms with Crippen LogP contribution in [0.3, 0.4) is 0 Å². The molecule has 4 nitrogen and oxygen atoms in total. The van der Waals surface area contributed by atoms with Crippen LogP contribution in [0.4, 0.5) is 0 Å². The van der Waals surface area contributed by atoms with Gasteiger partial charge in [-0.15, -0.1) is 12.4 Å². The molecule has 1 heterocycles. The minimum atomic E-state index is 0. The van der Waals surface area contributed by atoms with E-state index in [1.807, 2.05) is 0 Å². The van der Waals surface area contributed by atoms with Gasteiger partial charge in [-0.1, -0.05) is 68.4 Å². The molecule has 0 bridgehead atoms. The molecule has 0 spiro atoms. The monoisotopic (exact) mass is 379 g/mol. The molecule has 0 saturated carbocycles. The van der Waals surface area contributed by atoms with Gasteiger partial charge in [0.15, 0.2) is 5.82 Å². The van der Waals surface area contributed by atoms with Crippen molar-refractivity contribution < 1.29 is 4.52 Å². The molecular weight excluding hydrogens is 346 g/mol. The molecule has 0 aliphatic heterocycles. The van der Waals surface area contributed by atoms with E-state index in [0.29, 0.717) is 12.4 Å². The second-order valence-electron chi connectivity index (χ2n) is 6.83. The van der Waals surface area contributed by atoms with Crippen molar-refractivity contribution in [2.75, 3.05) is 6.54 Å². The number of aromatic nitrogens is 2. The largest absolute Gasteiger partial charge is 0.339 e. The molecule has 2 aromatic rings. The Balaban J connectivity index is 0.00000338. The number of unbranched alkanes of at least 4 members (excludes halogenated alkanes) is 5. The van der Waals surface area contributed by atoms with E-state index in [1.165, 1.54) is 56.1 Å². The van der Waals surface area contributed by atoms with Crippen LogP contribution in [0, 0.1) is 0 Å². The summed E-state index contributed by atoms with van der Waals surface area (Å²) in [4.78, 5) is 4.42. The van der Waals surface area contributed by atoms with Gasteiger partial charge < -0.3 is 10.3 Å². The van der Waals surface area contributed by atoms with Gasteiger partial charge in [0.2, 0.25) is 5.89 Å². The van der Waals surface area contributed by atoms with Crippen LogP contribution >= 0.6 is 12.4 Å². The lowest BCUT2D eigenvalue weighted by molar-refractivity contribution is 0.371. The van der Waals surface area contributed by atoms with Crippen molar-refractivity contribution >= 4 is 12.4 Å². The van der Waals surface area contributed by atoms with Gasteiger partial charge in [-0.05, 0) is 43.4 Å². The summed E-state index contributed by atoms with van der Waals surface area (Å²) >= 11 is 0. The second kappa shape index (κ2) is 13.8.